The molecular formula is C12H23N3O2S. The molecule has 0 saturated carbocycles. The highest BCUT2D eigenvalue weighted by molar-refractivity contribution is 7.11. The molecule has 104 valence electrons. The van der Waals surface area contributed by atoms with E-state index in [9.17, 15) is 0 Å². The van der Waals surface area contributed by atoms with Gasteiger partial charge in [0, 0.05) is 13.1 Å². The Bertz CT molecular complexity index is 355. The lowest BCUT2D eigenvalue weighted by Gasteiger charge is -2.23. The van der Waals surface area contributed by atoms with E-state index in [2.05, 4.69) is 16.2 Å². The monoisotopic (exact) mass is 273 g/mol. The van der Waals surface area contributed by atoms with Crippen molar-refractivity contribution in [3.63, 3.8) is 0 Å². The SMILES string of the molecule is CCCCN(CCO)c1snc(N)c1OC(C)C. The molecule has 0 amide bonds. The summed E-state index contributed by atoms with van der Waals surface area (Å²) in [7, 11) is 0. The zero-order valence-corrected chi connectivity index (χ0v) is 12.2. The van der Waals surface area contributed by atoms with E-state index in [0.29, 0.717) is 18.1 Å². The van der Waals surface area contributed by atoms with Crippen molar-refractivity contribution in [1.29, 1.82) is 0 Å². The number of rotatable bonds is 8. The van der Waals surface area contributed by atoms with Gasteiger partial charge in [0.15, 0.2) is 16.6 Å². The highest BCUT2D eigenvalue weighted by atomic mass is 32.1. The third kappa shape index (κ3) is 4.03. The number of unbranched alkanes of at least 4 members (excludes halogenated alkanes) is 1. The van der Waals surface area contributed by atoms with Crippen LogP contribution >= 0.6 is 11.5 Å². The third-order valence-electron chi connectivity index (χ3n) is 2.45. The van der Waals surface area contributed by atoms with Crippen molar-refractivity contribution in [2.45, 2.75) is 39.7 Å². The van der Waals surface area contributed by atoms with Gasteiger partial charge >= 0.3 is 0 Å². The summed E-state index contributed by atoms with van der Waals surface area (Å²) in [5.41, 5.74) is 5.84. The van der Waals surface area contributed by atoms with Crippen LogP contribution < -0.4 is 15.4 Å². The molecule has 0 saturated heterocycles. The lowest BCUT2D eigenvalue weighted by Crippen LogP contribution is -2.27. The number of nitrogens with zero attached hydrogens (tertiary/aromatic N) is 2. The molecule has 18 heavy (non-hydrogen) atoms. The molecule has 0 radical (unpaired) electrons. The van der Waals surface area contributed by atoms with Crippen LogP contribution in [0.3, 0.4) is 0 Å². The Labute approximate surface area is 113 Å². The number of anilines is 2. The Hall–Kier alpha value is -1.01. The van der Waals surface area contributed by atoms with Crippen molar-refractivity contribution < 1.29 is 9.84 Å². The van der Waals surface area contributed by atoms with Crippen LogP contribution in [0.5, 0.6) is 5.75 Å². The normalized spacial score (nSPS) is 10.9. The van der Waals surface area contributed by atoms with Crippen LogP contribution in [0.15, 0.2) is 0 Å². The quantitative estimate of drug-likeness (QED) is 0.759. The van der Waals surface area contributed by atoms with Crippen molar-refractivity contribution in [3.05, 3.63) is 0 Å². The lowest BCUT2D eigenvalue weighted by molar-refractivity contribution is 0.244. The van der Waals surface area contributed by atoms with E-state index in [4.69, 9.17) is 15.6 Å². The van der Waals surface area contributed by atoms with Crippen LogP contribution in [0.2, 0.25) is 0 Å². The number of hydrogen-bond donors (Lipinski definition) is 2. The van der Waals surface area contributed by atoms with Crippen LogP contribution in [0.4, 0.5) is 10.8 Å². The first-order valence-electron chi connectivity index (χ1n) is 6.37. The zero-order valence-electron chi connectivity index (χ0n) is 11.3. The molecule has 1 aromatic heterocycles. The van der Waals surface area contributed by atoms with Crippen molar-refractivity contribution in [2.24, 2.45) is 0 Å². The van der Waals surface area contributed by atoms with E-state index < -0.39 is 0 Å². The molecule has 0 aliphatic carbocycles. The summed E-state index contributed by atoms with van der Waals surface area (Å²) in [6.07, 6.45) is 2.24. The summed E-state index contributed by atoms with van der Waals surface area (Å²) in [5.74, 6) is 1.09. The molecule has 0 unspecified atom stereocenters. The van der Waals surface area contributed by atoms with E-state index in [0.717, 1.165) is 24.4 Å². The number of aliphatic hydroxyl groups excluding tert-OH is 1. The van der Waals surface area contributed by atoms with Gasteiger partial charge in [0.1, 0.15) is 0 Å². The van der Waals surface area contributed by atoms with Gasteiger partial charge in [-0.15, -0.1) is 0 Å². The van der Waals surface area contributed by atoms with Crippen LogP contribution in [-0.2, 0) is 0 Å². The van der Waals surface area contributed by atoms with Crippen LogP contribution in [-0.4, -0.2) is 35.3 Å². The molecule has 3 N–H and O–H groups in total. The molecule has 0 aromatic carbocycles. The maximum Gasteiger partial charge on any atom is 0.198 e. The molecule has 0 spiro atoms. The second-order valence-electron chi connectivity index (χ2n) is 4.43. The van der Waals surface area contributed by atoms with E-state index in [1.165, 1.54) is 11.5 Å². The largest absolute Gasteiger partial charge is 0.484 e. The summed E-state index contributed by atoms with van der Waals surface area (Å²) in [4.78, 5) is 2.09. The molecule has 1 rings (SSSR count). The van der Waals surface area contributed by atoms with Gasteiger partial charge in [-0.1, -0.05) is 13.3 Å². The first-order chi connectivity index (χ1) is 8.60. The van der Waals surface area contributed by atoms with Gasteiger partial charge in [0.2, 0.25) is 0 Å². The summed E-state index contributed by atoms with van der Waals surface area (Å²) in [5, 5.41) is 10.1. The van der Waals surface area contributed by atoms with Crippen molar-refractivity contribution >= 4 is 22.4 Å². The Morgan fingerprint density at radius 2 is 2.17 bits per heavy atom. The maximum atomic E-state index is 9.15. The van der Waals surface area contributed by atoms with Gasteiger partial charge in [0.25, 0.3) is 0 Å². The fourth-order valence-corrected chi connectivity index (χ4v) is 2.42. The lowest BCUT2D eigenvalue weighted by atomic mass is 10.3. The molecule has 0 atom stereocenters. The van der Waals surface area contributed by atoms with Gasteiger partial charge in [-0.2, -0.15) is 4.37 Å². The first-order valence-corrected chi connectivity index (χ1v) is 7.15. The number of nitrogens with two attached hydrogens (primary N) is 1. The highest BCUT2D eigenvalue weighted by Crippen LogP contribution is 2.38. The van der Waals surface area contributed by atoms with Gasteiger partial charge < -0.3 is 20.5 Å². The summed E-state index contributed by atoms with van der Waals surface area (Å²) < 4.78 is 9.88. The van der Waals surface area contributed by atoms with Crippen LogP contribution in [0.25, 0.3) is 0 Å². The summed E-state index contributed by atoms with van der Waals surface area (Å²) in [6.45, 7) is 7.64. The van der Waals surface area contributed by atoms with Gasteiger partial charge in [-0.25, -0.2) is 0 Å². The van der Waals surface area contributed by atoms with E-state index in [1.54, 1.807) is 0 Å². The zero-order chi connectivity index (χ0) is 13.5. The number of ether oxygens (including phenoxy) is 1. The van der Waals surface area contributed by atoms with E-state index in [1.807, 2.05) is 13.8 Å². The number of aromatic nitrogens is 1. The topological polar surface area (TPSA) is 71.6 Å². The second-order valence-corrected chi connectivity index (χ2v) is 5.18. The molecule has 0 fully saturated rings. The minimum absolute atomic E-state index is 0.0598. The first kappa shape index (κ1) is 15.0. The fraction of sp³-hybridized carbons (Fsp3) is 0.750. The van der Waals surface area contributed by atoms with E-state index >= 15 is 0 Å². The second kappa shape index (κ2) is 7.43. The van der Waals surface area contributed by atoms with E-state index in [-0.39, 0.29) is 12.7 Å². The van der Waals surface area contributed by atoms with Gasteiger partial charge in [-0.3, -0.25) is 0 Å². The Morgan fingerprint density at radius 3 is 2.72 bits per heavy atom. The predicted molar refractivity (Wildman–Crippen MR) is 76.5 cm³/mol. The van der Waals surface area contributed by atoms with Gasteiger partial charge in [0.05, 0.1) is 12.7 Å². The number of hydrogen-bond acceptors (Lipinski definition) is 6. The molecule has 5 nitrogen and oxygen atoms in total. The Morgan fingerprint density at radius 1 is 1.44 bits per heavy atom. The predicted octanol–water partition coefficient (Wildman–Crippen LogP) is 2.11. The molecule has 1 heterocycles. The molecule has 1 aromatic rings. The minimum atomic E-state index is 0.0598. The molecular weight excluding hydrogens is 250 g/mol. The maximum absolute atomic E-state index is 9.15. The standard InChI is InChI=1S/C12H23N3O2S/c1-4-5-6-15(7-8-16)12-10(17-9(2)3)11(13)14-18-12/h9,16H,4-8H2,1-3H3,(H2,13,14). The van der Waals surface area contributed by atoms with Crippen LogP contribution in [0, 0.1) is 0 Å². The Balaban J connectivity index is 2.88. The van der Waals surface area contributed by atoms with Crippen molar-refractivity contribution in [1.82, 2.24) is 4.37 Å². The smallest absolute Gasteiger partial charge is 0.198 e. The van der Waals surface area contributed by atoms with Crippen molar-refractivity contribution in [2.75, 3.05) is 30.3 Å². The number of aliphatic hydroxyl groups is 1. The van der Waals surface area contributed by atoms with Gasteiger partial charge in [-0.05, 0) is 31.8 Å². The average molecular weight is 273 g/mol. The summed E-state index contributed by atoms with van der Waals surface area (Å²) in [6, 6.07) is 0. The number of nitrogen functional groups attached to an aromatic ring is 1. The average Bonchev–Trinajstić information content (AvgIpc) is 2.66. The van der Waals surface area contributed by atoms with Crippen molar-refractivity contribution in [3.8, 4) is 5.75 Å². The van der Waals surface area contributed by atoms with Crippen LogP contribution in [0.1, 0.15) is 33.6 Å². The Kier molecular flexibility index (Phi) is 6.21. The molecule has 0 aliphatic heterocycles. The summed E-state index contributed by atoms with van der Waals surface area (Å²) >= 11 is 1.33. The molecule has 0 aliphatic rings. The highest BCUT2D eigenvalue weighted by Gasteiger charge is 2.19. The third-order valence-corrected chi connectivity index (χ3v) is 3.35. The minimum Gasteiger partial charge on any atom is -0.484 e. The molecule has 6 heteroatoms. The molecule has 0 bridgehead atoms. The fourth-order valence-electron chi connectivity index (χ4n) is 1.62.